The monoisotopic (exact) mass is 356 g/mol. The van der Waals surface area contributed by atoms with Crippen LogP contribution in [0.4, 0.5) is 0 Å². The van der Waals surface area contributed by atoms with E-state index >= 15 is 0 Å². The van der Waals surface area contributed by atoms with Crippen LogP contribution in [0.15, 0.2) is 0 Å². The third-order valence-corrected chi connectivity index (χ3v) is 6.29. The van der Waals surface area contributed by atoms with Crippen LogP contribution >= 0.6 is 0 Å². The molecule has 0 unspecified atom stereocenters. The number of amides is 1. The molecule has 0 aromatic carbocycles. The highest BCUT2D eigenvalue weighted by Crippen LogP contribution is 2.23. The van der Waals surface area contributed by atoms with Gasteiger partial charge in [-0.25, -0.2) is 12.7 Å². The molecule has 0 radical (unpaired) electrons. The van der Waals surface area contributed by atoms with Crippen molar-refractivity contribution in [2.45, 2.75) is 39.7 Å². The number of nitrogens with zero attached hydrogens (tertiary/aromatic N) is 4. The molecule has 1 aliphatic heterocycles. The predicted octanol–water partition coefficient (Wildman–Crippen LogP) is 1.06. The van der Waals surface area contributed by atoms with Crippen molar-refractivity contribution in [3.8, 4) is 0 Å². The van der Waals surface area contributed by atoms with E-state index in [9.17, 15) is 13.2 Å². The van der Waals surface area contributed by atoms with Crippen LogP contribution in [0.25, 0.3) is 0 Å². The average molecular weight is 356 g/mol. The molecule has 1 amide bonds. The third-order valence-electron chi connectivity index (χ3n) is 4.99. The Balaban J connectivity index is 1.89. The number of aromatic nitrogens is 2. The van der Waals surface area contributed by atoms with Gasteiger partial charge in [0.2, 0.25) is 15.9 Å². The topological polar surface area (TPSA) is 75.5 Å². The van der Waals surface area contributed by atoms with Gasteiger partial charge in [0.05, 0.1) is 11.9 Å². The van der Waals surface area contributed by atoms with Crippen LogP contribution in [0.1, 0.15) is 36.2 Å². The van der Waals surface area contributed by atoms with Crippen molar-refractivity contribution in [2.24, 2.45) is 13.0 Å². The SMILES string of the molecule is Cc1nn(C)c(C)c1CN(C)C(=O)CC1CCN(S(C)(=O)=O)CC1. The van der Waals surface area contributed by atoms with E-state index in [1.165, 1.54) is 10.6 Å². The number of carbonyl (C=O) groups excluding carboxylic acids is 1. The lowest BCUT2D eigenvalue weighted by Gasteiger charge is -2.30. The number of rotatable bonds is 5. The van der Waals surface area contributed by atoms with Gasteiger partial charge >= 0.3 is 0 Å². The van der Waals surface area contributed by atoms with Gasteiger partial charge in [-0.3, -0.25) is 9.48 Å². The first-order valence-corrected chi connectivity index (χ1v) is 10.1. The largest absolute Gasteiger partial charge is 0.341 e. The normalized spacial score (nSPS) is 17.2. The molecule has 1 aromatic heterocycles. The van der Waals surface area contributed by atoms with Crippen molar-refractivity contribution < 1.29 is 13.2 Å². The minimum atomic E-state index is -3.11. The van der Waals surface area contributed by atoms with Gasteiger partial charge < -0.3 is 4.90 Å². The summed E-state index contributed by atoms with van der Waals surface area (Å²) in [7, 11) is 0.612. The molecule has 7 nitrogen and oxygen atoms in total. The molecule has 2 heterocycles. The number of hydrogen-bond acceptors (Lipinski definition) is 4. The Kier molecular flexibility index (Phi) is 5.70. The zero-order valence-electron chi connectivity index (χ0n) is 15.2. The van der Waals surface area contributed by atoms with Crippen molar-refractivity contribution in [1.29, 1.82) is 0 Å². The summed E-state index contributed by atoms with van der Waals surface area (Å²) in [4.78, 5) is 14.2. The summed E-state index contributed by atoms with van der Waals surface area (Å²) in [6, 6.07) is 0. The Hall–Kier alpha value is -1.41. The quantitative estimate of drug-likeness (QED) is 0.790. The molecular weight excluding hydrogens is 328 g/mol. The second kappa shape index (κ2) is 7.23. The van der Waals surface area contributed by atoms with Gasteiger partial charge in [0.25, 0.3) is 0 Å². The van der Waals surface area contributed by atoms with E-state index in [0.717, 1.165) is 29.8 Å². The molecule has 1 saturated heterocycles. The minimum absolute atomic E-state index is 0.107. The third kappa shape index (κ3) is 4.36. The lowest BCUT2D eigenvalue weighted by Crippen LogP contribution is -2.39. The molecule has 0 bridgehead atoms. The molecular formula is C16H28N4O3S. The fourth-order valence-corrected chi connectivity index (χ4v) is 4.09. The second-order valence-electron chi connectivity index (χ2n) is 6.83. The molecule has 0 N–H and O–H groups in total. The van der Waals surface area contributed by atoms with E-state index < -0.39 is 10.0 Å². The molecule has 136 valence electrons. The lowest BCUT2D eigenvalue weighted by atomic mass is 9.94. The van der Waals surface area contributed by atoms with Gasteiger partial charge in [-0.15, -0.1) is 0 Å². The molecule has 8 heteroatoms. The standard InChI is InChI=1S/C16H28N4O3S/c1-12-15(13(2)19(4)17-12)11-18(3)16(21)10-14-6-8-20(9-7-14)24(5,22)23/h14H,6-11H2,1-5H3. The second-order valence-corrected chi connectivity index (χ2v) is 8.81. The van der Waals surface area contributed by atoms with Crippen LogP contribution < -0.4 is 0 Å². The Morgan fingerprint density at radius 2 is 1.88 bits per heavy atom. The van der Waals surface area contributed by atoms with Crippen LogP contribution in [-0.4, -0.2) is 59.7 Å². The number of aryl methyl sites for hydroxylation is 2. The van der Waals surface area contributed by atoms with Gasteiger partial charge in [-0.2, -0.15) is 5.10 Å². The van der Waals surface area contributed by atoms with Gasteiger partial charge in [0, 0.05) is 51.4 Å². The Morgan fingerprint density at radius 3 is 2.33 bits per heavy atom. The summed E-state index contributed by atoms with van der Waals surface area (Å²) in [5, 5.41) is 4.39. The van der Waals surface area contributed by atoms with E-state index in [-0.39, 0.29) is 11.8 Å². The highest BCUT2D eigenvalue weighted by molar-refractivity contribution is 7.88. The zero-order valence-corrected chi connectivity index (χ0v) is 16.1. The first kappa shape index (κ1) is 18.9. The zero-order chi connectivity index (χ0) is 18.1. The van der Waals surface area contributed by atoms with Crippen molar-refractivity contribution in [2.75, 3.05) is 26.4 Å². The maximum atomic E-state index is 12.5. The predicted molar refractivity (Wildman–Crippen MR) is 92.9 cm³/mol. The van der Waals surface area contributed by atoms with Gasteiger partial charge in [-0.1, -0.05) is 0 Å². The average Bonchev–Trinajstić information content (AvgIpc) is 2.73. The highest BCUT2D eigenvalue weighted by Gasteiger charge is 2.27. The molecule has 0 spiro atoms. The lowest BCUT2D eigenvalue weighted by molar-refractivity contribution is -0.131. The fraction of sp³-hybridized carbons (Fsp3) is 0.750. The molecule has 0 atom stereocenters. The van der Waals surface area contributed by atoms with E-state index in [4.69, 9.17) is 0 Å². The number of hydrogen-bond donors (Lipinski definition) is 0. The summed E-state index contributed by atoms with van der Waals surface area (Å²) in [5.41, 5.74) is 3.13. The van der Waals surface area contributed by atoms with Gasteiger partial charge in [0.1, 0.15) is 0 Å². The summed E-state index contributed by atoms with van der Waals surface area (Å²) >= 11 is 0. The van der Waals surface area contributed by atoms with Crippen molar-refractivity contribution in [3.63, 3.8) is 0 Å². The van der Waals surface area contributed by atoms with Crippen LogP contribution in [0.5, 0.6) is 0 Å². The molecule has 24 heavy (non-hydrogen) atoms. The summed E-state index contributed by atoms with van der Waals surface area (Å²) in [6.07, 6.45) is 3.21. The van der Waals surface area contributed by atoms with E-state index in [2.05, 4.69) is 5.10 Å². The number of sulfonamides is 1. The fourth-order valence-electron chi connectivity index (χ4n) is 3.22. The molecule has 1 fully saturated rings. The van der Waals surface area contributed by atoms with E-state index in [0.29, 0.717) is 26.1 Å². The molecule has 0 saturated carbocycles. The van der Waals surface area contributed by atoms with Gasteiger partial charge in [0.15, 0.2) is 0 Å². The first-order chi connectivity index (χ1) is 11.1. The van der Waals surface area contributed by atoms with E-state index in [1.807, 2.05) is 32.6 Å². The van der Waals surface area contributed by atoms with Crippen LogP contribution in [0.3, 0.4) is 0 Å². The number of piperidine rings is 1. The first-order valence-electron chi connectivity index (χ1n) is 8.27. The molecule has 1 aromatic rings. The number of carbonyl (C=O) groups is 1. The summed E-state index contributed by atoms with van der Waals surface area (Å²) in [5.74, 6) is 0.365. The van der Waals surface area contributed by atoms with Crippen molar-refractivity contribution in [3.05, 3.63) is 17.0 Å². The Labute approximate surface area is 144 Å². The van der Waals surface area contributed by atoms with Gasteiger partial charge in [-0.05, 0) is 32.6 Å². The minimum Gasteiger partial charge on any atom is -0.341 e. The van der Waals surface area contributed by atoms with Crippen LogP contribution in [0.2, 0.25) is 0 Å². The van der Waals surface area contributed by atoms with Crippen molar-refractivity contribution >= 4 is 15.9 Å². The summed E-state index contributed by atoms with van der Waals surface area (Å²) in [6.45, 7) is 5.56. The molecule has 0 aliphatic carbocycles. The smallest absolute Gasteiger partial charge is 0.222 e. The Morgan fingerprint density at radius 1 is 1.29 bits per heavy atom. The highest BCUT2D eigenvalue weighted by atomic mass is 32.2. The summed E-state index contributed by atoms with van der Waals surface area (Å²) < 4.78 is 26.4. The maximum absolute atomic E-state index is 12.5. The van der Waals surface area contributed by atoms with Crippen LogP contribution in [-0.2, 0) is 28.4 Å². The molecule has 1 aliphatic rings. The van der Waals surface area contributed by atoms with Crippen molar-refractivity contribution in [1.82, 2.24) is 19.0 Å². The van der Waals surface area contributed by atoms with Crippen LogP contribution in [0, 0.1) is 19.8 Å². The van der Waals surface area contributed by atoms with E-state index in [1.54, 1.807) is 4.90 Å². The maximum Gasteiger partial charge on any atom is 0.222 e. The molecule has 2 rings (SSSR count). The Bertz CT molecular complexity index is 703.